The molecule has 14 heteroatoms. The van der Waals surface area contributed by atoms with Crippen LogP contribution in [0.4, 0.5) is 34.6 Å². The molecule has 1 saturated heterocycles. The summed E-state index contributed by atoms with van der Waals surface area (Å²) in [5.74, 6) is -2.04. The monoisotopic (exact) mass is 578 g/mol. The van der Waals surface area contributed by atoms with E-state index in [0.717, 1.165) is 17.0 Å². The molecule has 212 valence electrons. The molecule has 0 atom stereocenters. The zero-order valence-corrected chi connectivity index (χ0v) is 22.7. The van der Waals surface area contributed by atoms with Crippen molar-refractivity contribution in [1.29, 1.82) is 0 Å². The predicted molar refractivity (Wildman–Crippen MR) is 145 cm³/mol. The first-order valence-electron chi connectivity index (χ1n) is 12.4. The average Bonchev–Trinajstić information content (AvgIpc) is 3.51. The van der Waals surface area contributed by atoms with E-state index in [1.54, 1.807) is 27.0 Å². The van der Waals surface area contributed by atoms with Crippen LogP contribution >= 0.6 is 11.6 Å². The topological polar surface area (TPSA) is 80.7 Å². The largest absolute Gasteiger partial charge is 0.419 e. The third-order valence-corrected chi connectivity index (χ3v) is 7.34. The molecule has 0 bridgehead atoms. The number of piperazine rings is 1. The van der Waals surface area contributed by atoms with Crippen LogP contribution in [0.2, 0.25) is 5.02 Å². The fraction of sp³-hybridized carbons (Fsp3) is 0.308. The Morgan fingerprint density at radius 2 is 1.80 bits per heavy atom. The van der Waals surface area contributed by atoms with Gasteiger partial charge in [0.25, 0.3) is 5.91 Å². The van der Waals surface area contributed by atoms with Crippen molar-refractivity contribution in [3.8, 4) is 0 Å². The van der Waals surface area contributed by atoms with E-state index < -0.39 is 23.5 Å². The number of aryl methyl sites for hydroxylation is 1. The summed E-state index contributed by atoms with van der Waals surface area (Å²) in [6.07, 6.45) is -1.49. The van der Waals surface area contributed by atoms with Gasteiger partial charge in [0.2, 0.25) is 0 Å². The lowest BCUT2D eigenvalue weighted by Crippen LogP contribution is -2.45. The number of amides is 1. The first kappa shape index (κ1) is 27.7. The molecule has 0 aliphatic carbocycles. The zero-order chi connectivity index (χ0) is 28.8. The molecule has 9 nitrogen and oxygen atoms in total. The van der Waals surface area contributed by atoms with Gasteiger partial charge in [-0.1, -0.05) is 11.6 Å². The normalized spacial score (nSPS) is 16.2. The highest BCUT2D eigenvalue weighted by molar-refractivity contribution is 6.33. The van der Waals surface area contributed by atoms with Gasteiger partial charge in [0.05, 0.1) is 33.9 Å². The molecule has 5 rings (SSSR count). The molecule has 2 aliphatic rings. The molecule has 0 radical (unpaired) electrons. The highest BCUT2D eigenvalue weighted by atomic mass is 35.5. The molecule has 1 aromatic heterocycles. The van der Waals surface area contributed by atoms with Gasteiger partial charge >= 0.3 is 6.18 Å². The van der Waals surface area contributed by atoms with Crippen LogP contribution in [0.1, 0.15) is 27.2 Å². The molecule has 0 spiro atoms. The molecule has 0 unspecified atom stereocenters. The highest BCUT2D eigenvalue weighted by Crippen LogP contribution is 2.38. The van der Waals surface area contributed by atoms with E-state index in [4.69, 9.17) is 11.6 Å². The number of halogens is 5. The van der Waals surface area contributed by atoms with Gasteiger partial charge in [-0.05, 0) is 44.3 Å². The van der Waals surface area contributed by atoms with Crippen molar-refractivity contribution >= 4 is 40.3 Å². The van der Waals surface area contributed by atoms with Crippen molar-refractivity contribution < 1.29 is 22.4 Å². The summed E-state index contributed by atoms with van der Waals surface area (Å²) in [6, 6.07) is 6.31. The number of hydrazine groups is 2. The summed E-state index contributed by atoms with van der Waals surface area (Å²) >= 11 is 6.41. The number of nitrogens with zero attached hydrogens (tertiary/aromatic N) is 5. The second-order valence-electron chi connectivity index (χ2n) is 9.68. The molecule has 1 fully saturated rings. The summed E-state index contributed by atoms with van der Waals surface area (Å²) in [5.41, 5.74) is 7.24. The first-order valence-corrected chi connectivity index (χ1v) is 12.8. The molecule has 3 heterocycles. The number of likely N-dealkylation sites (N-methyl/N-ethyl adjacent to an activating group) is 1. The van der Waals surface area contributed by atoms with Crippen molar-refractivity contribution in [2.24, 2.45) is 7.05 Å². The zero-order valence-electron chi connectivity index (χ0n) is 21.9. The Balaban J connectivity index is 1.42. The number of benzene rings is 2. The number of nitrogens with one attached hydrogen (secondary N) is 3. The third-order valence-electron chi connectivity index (χ3n) is 7.02. The molecule has 40 heavy (non-hydrogen) atoms. The minimum absolute atomic E-state index is 0.139. The number of aromatic nitrogens is 2. The lowest BCUT2D eigenvalue weighted by atomic mass is 10.1. The predicted octanol–water partition coefficient (Wildman–Crippen LogP) is 4.37. The van der Waals surface area contributed by atoms with Crippen molar-refractivity contribution in [1.82, 2.24) is 25.6 Å². The Labute approximate surface area is 232 Å². The maximum Gasteiger partial charge on any atom is 0.419 e. The van der Waals surface area contributed by atoms with Crippen molar-refractivity contribution in [2.75, 3.05) is 48.5 Å². The standard InChI is InChI=1S/C26H27ClF4N8O/c1-15-18(13-32-37(15)3)21-14-39(35-34-21)22-10-16(4-5-20(22)27)25(40)33-17-11-19(26(29,30)31)24(28)23(12-17)38-8-6-36(2)7-9-38/h4-5,10-14,34-35H,6-9H2,1-3H3,(H,33,40). The summed E-state index contributed by atoms with van der Waals surface area (Å²) in [6.45, 7) is 3.77. The third kappa shape index (κ3) is 5.44. The molecule has 2 aromatic carbocycles. The number of carbonyl (C=O) groups excluding carboxylic acids is 1. The Kier molecular flexibility index (Phi) is 7.38. The highest BCUT2D eigenvalue weighted by Gasteiger charge is 2.37. The van der Waals surface area contributed by atoms with Crippen LogP contribution in [0.3, 0.4) is 0 Å². The smallest absolute Gasteiger partial charge is 0.367 e. The number of rotatable bonds is 5. The SMILES string of the molecule is Cc1c(C2=CN(c3cc(C(=O)Nc4cc(N5CCN(C)CC5)c(F)c(C(F)(F)F)c4)ccc3Cl)NN2)cnn1C. The van der Waals surface area contributed by atoms with E-state index in [1.807, 2.05) is 25.9 Å². The number of anilines is 3. The first-order chi connectivity index (χ1) is 18.9. The second-order valence-corrected chi connectivity index (χ2v) is 10.1. The van der Waals surface area contributed by atoms with E-state index in [-0.39, 0.29) is 16.9 Å². The average molecular weight is 579 g/mol. The summed E-state index contributed by atoms with van der Waals surface area (Å²) in [5, 5.41) is 8.63. The van der Waals surface area contributed by atoms with Crippen LogP contribution in [0.5, 0.6) is 0 Å². The Morgan fingerprint density at radius 3 is 2.45 bits per heavy atom. The molecule has 0 saturated carbocycles. The Morgan fingerprint density at radius 1 is 1.07 bits per heavy atom. The Hall–Kier alpha value is -3.81. The van der Waals surface area contributed by atoms with Crippen molar-refractivity contribution in [3.63, 3.8) is 0 Å². The van der Waals surface area contributed by atoms with Gasteiger partial charge < -0.3 is 20.5 Å². The summed E-state index contributed by atoms with van der Waals surface area (Å²) in [4.78, 5) is 16.7. The van der Waals surface area contributed by atoms with Crippen LogP contribution in [0, 0.1) is 12.7 Å². The second kappa shape index (κ2) is 10.6. The minimum atomic E-state index is -4.94. The van der Waals surface area contributed by atoms with E-state index in [0.29, 0.717) is 43.0 Å². The van der Waals surface area contributed by atoms with Crippen molar-refractivity contribution in [2.45, 2.75) is 13.1 Å². The van der Waals surface area contributed by atoms with E-state index in [9.17, 15) is 18.0 Å². The van der Waals surface area contributed by atoms with E-state index in [2.05, 4.69) is 21.4 Å². The van der Waals surface area contributed by atoms with Gasteiger partial charge in [-0.2, -0.15) is 18.3 Å². The fourth-order valence-corrected chi connectivity index (χ4v) is 4.76. The Bertz CT molecular complexity index is 1480. The maximum absolute atomic E-state index is 15.0. The number of alkyl halides is 3. The van der Waals surface area contributed by atoms with Crippen LogP contribution in [0.25, 0.3) is 5.70 Å². The van der Waals surface area contributed by atoms with Gasteiger partial charge in [0, 0.05) is 61.9 Å². The number of carbonyl (C=O) groups is 1. The number of hydrogen-bond acceptors (Lipinski definition) is 7. The van der Waals surface area contributed by atoms with Gasteiger partial charge in [0.1, 0.15) is 0 Å². The van der Waals surface area contributed by atoms with Crippen LogP contribution in [-0.4, -0.2) is 53.8 Å². The summed E-state index contributed by atoms with van der Waals surface area (Å²) in [7, 11) is 3.71. The van der Waals surface area contributed by atoms with Gasteiger partial charge in [-0.15, -0.1) is 5.53 Å². The van der Waals surface area contributed by atoms with Crippen molar-refractivity contribution in [3.05, 3.63) is 76.0 Å². The van der Waals surface area contributed by atoms with E-state index in [1.165, 1.54) is 24.3 Å². The van der Waals surface area contributed by atoms with Gasteiger partial charge in [0.15, 0.2) is 5.82 Å². The molecule has 2 aliphatic heterocycles. The quantitative estimate of drug-likeness (QED) is 0.388. The van der Waals surface area contributed by atoms with Crippen LogP contribution < -0.4 is 26.2 Å². The molecular formula is C26H27ClF4N8O. The van der Waals surface area contributed by atoms with Crippen LogP contribution in [-0.2, 0) is 13.2 Å². The fourth-order valence-electron chi connectivity index (χ4n) is 4.55. The lowest BCUT2D eigenvalue weighted by molar-refractivity contribution is -0.139. The molecular weight excluding hydrogens is 552 g/mol. The molecule has 1 amide bonds. The van der Waals surface area contributed by atoms with E-state index >= 15 is 4.39 Å². The summed E-state index contributed by atoms with van der Waals surface area (Å²) < 4.78 is 57.9. The number of hydrogen-bond donors (Lipinski definition) is 3. The molecule has 3 aromatic rings. The maximum atomic E-state index is 15.0. The molecule has 3 N–H and O–H groups in total. The van der Waals surface area contributed by atoms with Gasteiger partial charge in [-0.25, -0.2) is 4.39 Å². The van der Waals surface area contributed by atoms with Crippen LogP contribution in [0.15, 0.2) is 42.7 Å². The minimum Gasteiger partial charge on any atom is -0.367 e. The lowest BCUT2D eigenvalue weighted by Gasteiger charge is -2.34. The van der Waals surface area contributed by atoms with Gasteiger partial charge in [-0.3, -0.25) is 14.5 Å².